The van der Waals surface area contributed by atoms with Crippen LogP contribution in [-0.4, -0.2) is 30.1 Å². The maximum atomic E-state index is 12.1. The van der Waals surface area contributed by atoms with Crippen LogP contribution in [0.3, 0.4) is 0 Å². The smallest absolute Gasteiger partial charge is 0.357 e. The van der Waals surface area contributed by atoms with Gasteiger partial charge in [0, 0.05) is 11.1 Å². The van der Waals surface area contributed by atoms with Crippen molar-refractivity contribution in [3.8, 4) is 0 Å². The normalized spacial score (nSPS) is 13.4. The SMILES string of the molecule is CCOC(=O)CC1=C(C(=O)OCC)NNN1c1cc(Cl)ccc1[N+](=O)[O-]. The first-order valence-corrected chi connectivity index (χ1v) is 8.08. The van der Waals surface area contributed by atoms with E-state index in [0.29, 0.717) is 0 Å². The largest absolute Gasteiger partial charge is 0.466 e. The summed E-state index contributed by atoms with van der Waals surface area (Å²) in [6.07, 6.45) is -0.314. The van der Waals surface area contributed by atoms with E-state index in [-0.39, 0.29) is 47.4 Å². The number of nitro groups is 1. The van der Waals surface area contributed by atoms with Crippen molar-refractivity contribution in [1.29, 1.82) is 0 Å². The molecule has 2 N–H and O–H groups in total. The third-order valence-electron chi connectivity index (χ3n) is 3.32. The number of rotatable bonds is 7. The van der Waals surface area contributed by atoms with E-state index in [2.05, 4.69) is 11.0 Å². The third-order valence-corrected chi connectivity index (χ3v) is 3.56. The summed E-state index contributed by atoms with van der Waals surface area (Å²) in [5.41, 5.74) is 5.05. The van der Waals surface area contributed by atoms with Gasteiger partial charge in [0.05, 0.1) is 30.3 Å². The molecule has 0 bridgehead atoms. The van der Waals surface area contributed by atoms with E-state index in [1.54, 1.807) is 13.8 Å². The monoisotopic (exact) mass is 384 g/mol. The second kappa shape index (κ2) is 8.50. The molecule has 0 radical (unpaired) electrons. The lowest BCUT2D eigenvalue weighted by atomic mass is 10.2. The van der Waals surface area contributed by atoms with Crippen LogP contribution in [0.1, 0.15) is 20.3 Å². The van der Waals surface area contributed by atoms with Crippen LogP contribution >= 0.6 is 11.6 Å². The third kappa shape index (κ3) is 4.21. The minimum atomic E-state index is -0.716. The van der Waals surface area contributed by atoms with Gasteiger partial charge < -0.3 is 9.47 Å². The van der Waals surface area contributed by atoms with Gasteiger partial charge in [-0.1, -0.05) is 11.6 Å². The van der Waals surface area contributed by atoms with Crippen LogP contribution in [0.15, 0.2) is 29.6 Å². The zero-order valence-electron chi connectivity index (χ0n) is 14.1. The van der Waals surface area contributed by atoms with Gasteiger partial charge in [-0.2, -0.15) is 0 Å². The molecule has 11 heteroatoms. The van der Waals surface area contributed by atoms with Crippen molar-refractivity contribution in [2.75, 3.05) is 18.2 Å². The molecule has 0 spiro atoms. The number of esters is 2. The van der Waals surface area contributed by atoms with E-state index in [1.165, 1.54) is 23.2 Å². The number of anilines is 1. The van der Waals surface area contributed by atoms with Gasteiger partial charge in [0.1, 0.15) is 5.69 Å². The quantitative estimate of drug-likeness (QED) is 0.411. The molecule has 140 valence electrons. The zero-order chi connectivity index (χ0) is 19.3. The van der Waals surface area contributed by atoms with Gasteiger partial charge in [-0.25, -0.2) is 4.79 Å². The molecule has 0 saturated carbocycles. The Hall–Kier alpha value is -2.85. The van der Waals surface area contributed by atoms with Crippen molar-refractivity contribution >= 4 is 34.9 Å². The lowest BCUT2D eigenvalue weighted by molar-refractivity contribution is -0.384. The van der Waals surface area contributed by atoms with Crippen LogP contribution in [0.4, 0.5) is 11.4 Å². The summed E-state index contributed by atoms with van der Waals surface area (Å²) in [6.45, 7) is 3.54. The summed E-state index contributed by atoms with van der Waals surface area (Å²) in [6, 6.07) is 3.94. The highest BCUT2D eigenvalue weighted by Crippen LogP contribution is 2.35. The van der Waals surface area contributed by atoms with E-state index in [4.69, 9.17) is 21.1 Å². The predicted molar refractivity (Wildman–Crippen MR) is 91.8 cm³/mol. The number of hydrazine groups is 2. The number of halogens is 1. The lowest BCUT2D eigenvalue weighted by Crippen LogP contribution is -2.39. The first-order valence-electron chi connectivity index (χ1n) is 7.70. The van der Waals surface area contributed by atoms with Crippen molar-refractivity contribution in [1.82, 2.24) is 11.0 Å². The standard InChI is InChI=1S/C15H17ClN4O6/c1-3-25-13(21)8-12-14(15(22)26-4-2)17-18-19(12)11-7-9(16)5-6-10(11)20(23)24/h5-7,17-18H,3-4,8H2,1-2H3. The Bertz CT molecular complexity index is 767. The van der Waals surface area contributed by atoms with Crippen LogP contribution < -0.4 is 16.0 Å². The summed E-state index contributed by atoms with van der Waals surface area (Å²) >= 11 is 5.96. The van der Waals surface area contributed by atoms with E-state index in [1.807, 2.05) is 0 Å². The first-order chi connectivity index (χ1) is 12.4. The number of ether oxygens (including phenoxy) is 2. The van der Waals surface area contributed by atoms with E-state index < -0.39 is 16.9 Å². The first kappa shape index (κ1) is 19.5. The molecule has 1 aliphatic heterocycles. The molecule has 0 amide bonds. The maximum absolute atomic E-state index is 12.1. The Balaban J connectivity index is 2.50. The number of hydrogen-bond acceptors (Lipinski definition) is 9. The molecule has 0 aromatic heterocycles. The topological polar surface area (TPSA) is 123 Å². The Morgan fingerprint density at radius 1 is 1.27 bits per heavy atom. The molecule has 1 aliphatic rings. The Labute approximate surface area is 153 Å². The van der Waals surface area contributed by atoms with Gasteiger partial charge in [0.2, 0.25) is 0 Å². The molecule has 0 unspecified atom stereocenters. The molecule has 0 aliphatic carbocycles. The number of nitro benzene ring substituents is 1. The van der Waals surface area contributed by atoms with Gasteiger partial charge in [-0.05, 0) is 26.0 Å². The Morgan fingerprint density at radius 3 is 2.58 bits per heavy atom. The molecular weight excluding hydrogens is 368 g/mol. The molecule has 2 rings (SSSR count). The average Bonchev–Trinajstić information content (AvgIpc) is 2.98. The second-order valence-corrected chi connectivity index (χ2v) is 5.42. The van der Waals surface area contributed by atoms with Gasteiger partial charge >= 0.3 is 11.9 Å². The van der Waals surface area contributed by atoms with Crippen molar-refractivity contribution in [3.05, 3.63) is 44.7 Å². The molecule has 26 heavy (non-hydrogen) atoms. The van der Waals surface area contributed by atoms with Crippen molar-refractivity contribution in [2.24, 2.45) is 0 Å². The molecule has 1 aromatic rings. The van der Waals surface area contributed by atoms with Crippen LogP contribution in [-0.2, 0) is 19.1 Å². The highest BCUT2D eigenvalue weighted by molar-refractivity contribution is 6.31. The fourth-order valence-corrected chi connectivity index (χ4v) is 2.45. The Kier molecular flexibility index (Phi) is 6.36. The average molecular weight is 385 g/mol. The van der Waals surface area contributed by atoms with Crippen molar-refractivity contribution < 1.29 is 24.0 Å². The minimum absolute atomic E-state index is 0.0471. The highest BCUT2D eigenvalue weighted by Gasteiger charge is 2.34. The van der Waals surface area contributed by atoms with Gasteiger partial charge in [-0.3, -0.25) is 25.3 Å². The summed E-state index contributed by atoms with van der Waals surface area (Å²) in [5.74, 6) is -1.32. The number of benzene rings is 1. The Morgan fingerprint density at radius 2 is 1.96 bits per heavy atom. The van der Waals surface area contributed by atoms with Crippen LogP contribution in [0.2, 0.25) is 5.02 Å². The summed E-state index contributed by atoms with van der Waals surface area (Å²) in [4.78, 5) is 34.8. The number of carbonyl (C=O) groups is 2. The van der Waals surface area contributed by atoms with Crippen molar-refractivity contribution in [2.45, 2.75) is 20.3 Å². The van der Waals surface area contributed by atoms with E-state index in [0.717, 1.165) is 0 Å². The fraction of sp³-hybridized carbons (Fsp3) is 0.333. The van der Waals surface area contributed by atoms with Crippen LogP contribution in [0, 0.1) is 10.1 Å². The summed E-state index contributed by atoms with van der Waals surface area (Å²) in [5, 5.41) is 12.8. The van der Waals surface area contributed by atoms with Crippen molar-refractivity contribution in [3.63, 3.8) is 0 Å². The van der Waals surface area contributed by atoms with Gasteiger partial charge in [0.15, 0.2) is 5.70 Å². The second-order valence-electron chi connectivity index (χ2n) is 4.99. The summed E-state index contributed by atoms with van der Waals surface area (Å²) < 4.78 is 9.86. The maximum Gasteiger partial charge on any atom is 0.357 e. The van der Waals surface area contributed by atoms with Crippen LogP contribution in [0.5, 0.6) is 0 Å². The molecular formula is C15H17ClN4O6. The highest BCUT2D eigenvalue weighted by atomic mass is 35.5. The lowest BCUT2D eigenvalue weighted by Gasteiger charge is -2.20. The van der Waals surface area contributed by atoms with Crippen LogP contribution in [0.25, 0.3) is 0 Å². The fourth-order valence-electron chi connectivity index (χ4n) is 2.29. The molecule has 0 atom stereocenters. The zero-order valence-corrected chi connectivity index (χ0v) is 14.8. The van der Waals surface area contributed by atoms with Gasteiger partial charge in [0.25, 0.3) is 5.69 Å². The summed E-state index contributed by atoms with van der Waals surface area (Å²) in [7, 11) is 0. The molecule has 1 aromatic carbocycles. The molecule has 1 heterocycles. The number of carbonyl (C=O) groups excluding carboxylic acids is 2. The van der Waals surface area contributed by atoms with E-state index >= 15 is 0 Å². The number of nitrogens with zero attached hydrogens (tertiary/aromatic N) is 2. The molecule has 10 nitrogen and oxygen atoms in total. The van der Waals surface area contributed by atoms with E-state index in [9.17, 15) is 19.7 Å². The molecule has 0 fully saturated rings. The number of nitrogens with one attached hydrogen (secondary N) is 2. The molecule has 0 saturated heterocycles. The number of hydrogen-bond donors (Lipinski definition) is 2. The minimum Gasteiger partial charge on any atom is -0.466 e. The predicted octanol–water partition coefficient (Wildman–Crippen LogP) is 1.81. The van der Waals surface area contributed by atoms with Gasteiger partial charge in [-0.15, -0.1) is 5.53 Å².